The zero-order valence-electron chi connectivity index (χ0n) is 12.5. The summed E-state index contributed by atoms with van der Waals surface area (Å²) in [6, 6.07) is 0. The van der Waals surface area contributed by atoms with E-state index in [-0.39, 0.29) is 13.2 Å². The van der Waals surface area contributed by atoms with Gasteiger partial charge in [0.25, 0.3) is 0 Å². The highest BCUT2D eigenvalue weighted by molar-refractivity contribution is 5.87. The average Bonchev–Trinajstić information content (AvgIpc) is 2.40. The molecule has 0 aromatic carbocycles. The number of aliphatic hydroxyl groups is 1. The van der Waals surface area contributed by atoms with Gasteiger partial charge in [0, 0.05) is 12.2 Å². The Bertz CT molecular complexity index is 263. The minimum atomic E-state index is -0.604. The van der Waals surface area contributed by atoms with Crippen LogP contribution in [0, 0.1) is 5.92 Å². The van der Waals surface area contributed by atoms with Crippen molar-refractivity contribution >= 4 is 5.97 Å². The van der Waals surface area contributed by atoms with E-state index in [2.05, 4.69) is 20.4 Å². The molecule has 2 unspecified atom stereocenters. The molecule has 0 fully saturated rings. The summed E-state index contributed by atoms with van der Waals surface area (Å²) in [6.45, 7) is 10.1. The summed E-state index contributed by atoms with van der Waals surface area (Å²) >= 11 is 0. The predicted molar refractivity (Wildman–Crippen MR) is 75.9 cm³/mol. The molecule has 0 spiro atoms. The summed E-state index contributed by atoms with van der Waals surface area (Å²) in [5.74, 6) is 0.0526. The van der Waals surface area contributed by atoms with Gasteiger partial charge in [-0.05, 0) is 19.3 Å². The SMILES string of the molecule is C=C(C)C(=O)OC(CO)COCC(CC)CCCC. The van der Waals surface area contributed by atoms with Crippen LogP contribution in [-0.4, -0.2) is 37.0 Å². The number of hydrogen-bond donors (Lipinski definition) is 1. The quantitative estimate of drug-likeness (QED) is 0.464. The standard InChI is InChI=1S/C15H28O4/c1-5-7-8-13(6-2)10-18-11-14(9-16)19-15(17)12(3)4/h13-14,16H,3,5-11H2,1-2,4H3. The van der Waals surface area contributed by atoms with Crippen LogP contribution in [0.25, 0.3) is 0 Å². The van der Waals surface area contributed by atoms with Crippen molar-refractivity contribution in [3.63, 3.8) is 0 Å². The number of aliphatic hydroxyl groups excluding tert-OH is 1. The van der Waals surface area contributed by atoms with Crippen molar-refractivity contribution in [1.29, 1.82) is 0 Å². The highest BCUT2D eigenvalue weighted by atomic mass is 16.6. The van der Waals surface area contributed by atoms with Crippen LogP contribution in [0.1, 0.15) is 46.5 Å². The number of ether oxygens (including phenoxy) is 2. The van der Waals surface area contributed by atoms with E-state index in [9.17, 15) is 4.79 Å². The molecular formula is C15H28O4. The number of hydrogen-bond acceptors (Lipinski definition) is 4. The molecule has 19 heavy (non-hydrogen) atoms. The summed E-state index contributed by atoms with van der Waals surface area (Å²) in [7, 11) is 0. The van der Waals surface area contributed by atoms with Crippen molar-refractivity contribution in [2.45, 2.75) is 52.6 Å². The van der Waals surface area contributed by atoms with E-state index in [1.165, 1.54) is 12.8 Å². The van der Waals surface area contributed by atoms with E-state index >= 15 is 0 Å². The number of esters is 1. The fraction of sp³-hybridized carbons (Fsp3) is 0.800. The lowest BCUT2D eigenvalue weighted by molar-refractivity contribution is -0.150. The smallest absolute Gasteiger partial charge is 0.333 e. The maximum atomic E-state index is 11.3. The van der Waals surface area contributed by atoms with Gasteiger partial charge in [-0.15, -0.1) is 0 Å². The van der Waals surface area contributed by atoms with Crippen molar-refractivity contribution in [1.82, 2.24) is 0 Å². The fourth-order valence-corrected chi connectivity index (χ4v) is 1.64. The lowest BCUT2D eigenvalue weighted by Gasteiger charge is -2.19. The van der Waals surface area contributed by atoms with Crippen LogP contribution in [0.3, 0.4) is 0 Å². The van der Waals surface area contributed by atoms with Crippen LogP contribution < -0.4 is 0 Å². The van der Waals surface area contributed by atoms with Gasteiger partial charge < -0.3 is 14.6 Å². The average molecular weight is 272 g/mol. The third-order valence-electron chi connectivity index (χ3n) is 3.03. The molecule has 0 saturated carbocycles. The van der Waals surface area contributed by atoms with Crippen LogP contribution >= 0.6 is 0 Å². The van der Waals surface area contributed by atoms with Gasteiger partial charge in [0.1, 0.15) is 6.10 Å². The zero-order valence-corrected chi connectivity index (χ0v) is 12.5. The second-order valence-electron chi connectivity index (χ2n) is 4.94. The van der Waals surface area contributed by atoms with Gasteiger partial charge >= 0.3 is 5.97 Å². The summed E-state index contributed by atoms with van der Waals surface area (Å²) in [5, 5.41) is 9.13. The number of carbonyl (C=O) groups excluding carboxylic acids is 1. The van der Waals surface area contributed by atoms with E-state index in [0.29, 0.717) is 18.1 Å². The van der Waals surface area contributed by atoms with Crippen molar-refractivity contribution in [2.24, 2.45) is 5.92 Å². The van der Waals surface area contributed by atoms with Crippen molar-refractivity contribution in [2.75, 3.05) is 19.8 Å². The van der Waals surface area contributed by atoms with Gasteiger partial charge in [0.15, 0.2) is 0 Å². The molecule has 0 heterocycles. The number of carbonyl (C=O) groups is 1. The first kappa shape index (κ1) is 18.1. The first-order chi connectivity index (χ1) is 9.04. The first-order valence-corrected chi connectivity index (χ1v) is 7.10. The molecule has 2 atom stereocenters. The number of rotatable bonds is 11. The van der Waals surface area contributed by atoms with E-state index in [4.69, 9.17) is 14.6 Å². The van der Waals surface area contributed by atoms with Crippen LogP contribution in [0.15, 0.2) is 12.2 Å². The Kier molecular flexibility index (Phi) is 10.5. The number of unbranched alkanes of at least 4 members (excludes halogenated alkanes) is 1. The van der Waals surface area contributed by atoms with Gasteiger partial charge in [-0.2, -0.15) is 0 Å². The lowest BCUT2D eigenvalue weighted by atomic mass is 10.0. The van der Waals surface area contributed by atoms with Crippen LogP contribution in [0.4, 0.5) is 0 Å². The summed E-state index contributed by atoms with van der Waals surface area (Å²) in [6.07, 6.45) is 4.02. The largest absolute Gasteiger partial charge is 0.454 e. The highest BCUT2D eigenvalue weighted by Gasteiger charge is 2.15. The Morgan fingerprint density at radius 1 is 1.32 bits per heavy atom. The lowest BCUT2D eigenvalue weighted by Crippen LogP contribution is -2.28. The summed E-state index contributed by atoms with van der Waals surface area (Å²) in [5.41, 5.74) is 0.327. The molecule has 0 rings (SSSR count). The highest BCUT2D eigenvalue weighted by Crippen LogP contribution is 2.13. The molecule has 0 saturated heterocycles. The van der Waals surface area contributed by atoms with Crippen LogP contribution in [0.5, 0.6) is 0 Å². The zero-order chi connectivity index (χ0) is 14.7. The second-order valence-corrected chi connectivity index (χ2v) is 4.94. The second kappa shape index (κ2) is 11.0. The topological polar surface area (TPSA) is 55.8 Å². The maximum absolute atomic E-state index is 11.3. The monoisotopic (exact) mass is 272 g/mol. The normalized spacial score (nSPS) is 13.9. The van der Waals surface area contributed by atoms with Gasteiger partial charge in [-0.25, -0.2) is 4.79 Å². The Labute approximate surface area is 116 Å². The Morgan fingerprint density at radius 2 is 2.00 bits per heavy atom. The Balaban J connectivity index is 3.93. The van der Waals surface area contributed by atoms with E-state index in [1.807, 2.05) is 0 Å². The van der Waals surface area contributed by atoms with Gasteiger partial charge in [-0.3, -0.25) is 0 Å². The Hall–Kier alpha value is -0.870. The minimum Gasteiger partial charge on any atom is -0.454 e. The minimum absolute atomic E-state index is 0.231. The third-order valence-corrected chi connectivity index (χ3v) is 3.03. The molecule has 4 nitrogen and oxygen atoms in total. The molecule has 1 N–H and O–H groups in total. The van der Waals surface area contributed by atoms with E-state index in [1.54, 1.807) is 6.92 Å². The molecule has 0 aromatic rings. The molecule has 0 aliphatic rings. The van der Waals surface area contributed by atoms with Crippen LogP contribution in [0.2, 0.25) is 0 Å². The van der Waals surface area contributed by atoms with Crippen molar-refractivity contribution in [3.8, 4) is 0 Å². The fourth-order valence-electron chi connectivity index (χ4n) is 1.64. The molecular weight excluding hydrogens is 244 g/mol. The summed E-state index contributed by atoms with van der Waals surface area (Å²) < 4.78 is 10.6. The van der Waals surface area contributed by atoms with Crippen LogP contribution in [-0.2, 0) is 14.3 Å². The molecule has 0 aliphatic carbocycles. The predicted octanol–water partition coefficient (Wildman–Crippen LogP) is 2.70. The third kappa shape index (κ3) is 8.78. The molecule has 4 heteroatoms. The maximum Gasteiger partial charge on any atom is 0.333 e. The van der Waals surface area contributed by atoms with Gasteiger partial charge in [-0.1, -0.05) is 39.7 Å². The first-order valence-electron chi connectivity index (χ1n) is 7.10. The van der Waals surface area contributed by atoms with Crippen molar-refractivity contribution < 1.29 is 19.4 Å². The Morgan fingerprint density at radius 3 is 2.47 bits per heavy atom. The molecule has 112 valence electrons. The molecule has 0 aliphatic heterocycles. The van der Waals surface area contributed by atoms with E-state index < -0.39 is 12.1 Å². The molecule has 0 amide bonds. The van der Waals surface area contributed by atoms with Crippen molar-refractivity contribution in [3.05, 3.63) is 12.2 Å². The van der Waals surface area contributed by atoms with E-state index in [0.717, 1.165) is 12.8 Å². The van der Waals surface area contributed by atoms with Gasteiger partial charge in [0.05, 0.1) is 13.2 Å². The molecule has 0 bridgehead atoms. The molecule has 0 aromatic heterocycles. The summed E-state index contributed by atoms with van der Waals surface area (Å²) in [4.78, 5) is 11.3. The van der Waals surface area contributed by atoms with Gasteiger partial charge in [0.2, 0.25) is 0 Å². The molecule has 0 radical (unpaired) electrons.